The van der Waals surface area contributed by atoms with E-state index in [4.69, 9.17) is 4.74 Å². The number of ether oxygens (including phenoxy) is 1. The summed E-state index contributed by atoms with van der Waals surface area (Å²) in [6.07, 6.45) is 2.07. The molecule has 0 saturated carbocycles. The van der Waals surface area contributed by atoms with Crippen LogP contribution >= 0.6 is 11.8 Å². The largest absolute Gasteiger partial charge is 0.375 e. The molecule has 0 spiro atoms. The van der Waals surface area contributed by atoms with Crippen LogP contribution in [0.15, 0.2) is 0 Å². The van der Waals surface area contributed by atoms with E-state index in [0.717, 1.165) is 24.7 Å². The summed E-state index contributed by atoms with van der Waals surface area (Å²) in [5, 5.41) is 3.32. The number of likely N-dealkylation sites (N-methyl/N-ethyl adjacent to an activating group) is 1. The molecule has 96 valence electrons. The lowest BCUT2D eigenvalue weighted by molar-refractivity contribution is 0.0468. The number of rotatable bonds is 6. The minimum absolute atomic E-state index is 0.153. The molecule has 2 unspecified atom stereocenters. The van der Waals surface area contributed by atoms with Gasteiger partial charge in [0.25, 0.3) is 0 Å². The zero-order chi connectivity index (χ0) is 12.0. The Hall–Kier alpha value is 0.220. The van der Waals surface area contributed by atoms with Crippen molar-refractivity contribution in [1.82, 2.24) is 5.32 Å². The Labute approximate surface area is 102 Å². The third kappa shape index (κ3) is 5.52. The van der Waals surface area contributed by atoms with Crippen LogP contribution < -0.4 is 5.32 Å². The van der Waals surface area contributed by atoms with E-state index < -0.39 is 9.84 Å². The summed E-state index contributed by atoms with van der Waals surface area (Å²) in [6, 6.07) is 0.160. The van der Waals surface area contributed by atoms with Crippen molar-refractivity contribution in [3.05, 3.63) is 0 Å². The molecule has 0 aromatic rings. The maximum absolute atomic E-state index is 11.1. The van der Waals surface area contributed by atoms with Crippen LogP contribution in [0.5, 0.6) is 0 Å². The van der Waals surface area contributed by atoms with E-state index in [1.165, 1.54) is 6.26 Å². The van der Waals surface area contributed by atoms with E-state index in [2.05, 4.69) is 5.32 Å². The van der Waals surface area contributed by atoms with Gasteiger partial charge >= 0.3 is 0 Å². The topological polar surface area (TPSA) is 55.4 Å². The highest BCUT2D eigenvalue weighted by Gasteiger charge is 2.24. The summed E-state index contributed by atoms with van der Waals surface area (Å²) in [5.74, 6) is 2.23. The first-order valence-corrected chi connectivity index (χ1v) is 8.85. The standard InChI is InChI=1S/C10H21NO3S2/c1-3-11-9(4-7-16(2,12)13)10-8-15-6-5-14-10/h9-11H,3-8H2,1-2H3. The molecule has 2 atom stereocenters. The minimum atomic E-state index is -2.88. The van der Waals surface area contributed by atoms with Crippen molar-refractivity contribution in [3.8, 4) is 0 Å². The maximum Gasteiger partial charge on any atom is 0.147 e. The van der Waals surface area contributed by atoms with Gasteiger partial charge in [0.05, 0.1) is 18.5 Å². The Morgan fingerprint density at radius 1 is 1.56 bits per heavy atom. The summed E-state index contributed by atoms with van der Waals surface area (Å²) in [4.78, 5) is 0. The van der Waals surface area contributed by atoms with Crippen molar-refractivity contribution < 1.29 is 13.2 Å². The molecule has 1 N–H and O–H groups in total. The molecule has 0 aliphatic carbocycles. The van der Waals surface area contributed by atoms with Gasteiger partial charge in [0.2, 0.25) is 0 Å². The molecule has 0 amide bonds. The van der Waals surface area contributed by atoms with Crippen molar-refractivity contribution in [2.75, 3.05) is 36.7 Å². The van der Waals surface area contributed by atoms with Gasteiger partial charge in [-0.3, -0.25) is 0 Å². The third-order valence-corrected chi connectivity index (χ3v) is 4.55. The van der Waals surface area contributed by atoms with E-state index in [1.807, 2.05) is 18.7 Å². The molecule has 1 fully saturated rings. The van der Waals surface area contributed by atoms with E-state index in [9.17, 15) is 8.42 Å². The van der Waals surface area contributed by atoms with Crippen LogP contribution in [-0.2, 0) is 14.6 Å². The molecule has 4 nitrogen and oxygen atoms in total. The molecule has 0 radical (unpaired) electrons. The van der Waals surface area contributed by atoms with Crippen LogP contribution in [-0.4, -0.2) is 57.2 Å². The SMILES string of the molecule is CCNC(CCS(C)(=O)=O)C1CSCCO1. The second-order valence-electron chi connectivity index (χ2n) is 4.07. The minimum Gasteiger partial charge on any atom is -0.375 e. The molecule has 0 aromatic heterocycles. The number of hydrogen-bond acceptors (Lipinski definition) is 5. The summed E-state index contributed by atoms with van der Waals surface area (Å²) in [7, 11) is -2.88. The molecule has 0 bridgehead atoms. The first kappa shape index (κ1) is 14.3. The zero-order valence-corrected chi connectivity index (χ0v) is 11.6. The Kier molecular flexibility index (Phi) is 6.10. The van der Waals surface area contributed by atoms with Gasteiger partial charge in [-0.05, 0) is 13.0 Å². The van der Waals surface area contributed by atoms with Gasteiger partial charge in [0, 0.05) is 23.8 Å². The quantitative estimate of drug-likeness (QED) is 0.761. The van der Waals surface area contributed by atoms with Crippen LogP contribution in [0.3, 0.4) is 0 Å². The molecular formula is C10H21NO3S2. The number of nitrogens with one attached hydrogen (secondary N) is 1. The Morgan fingerprint density at radius 3 is 2.81 bits per heavy atom. The average Bonchev–Trinajstić information content (AvgIpc) is 2.24. The maximum atomic E-state index is 11.1. The first-order chi connectivity index (χ1) is 7.53. The fourth-order valence-electron chi connectivity index (χ4n) is 1.76. The lowest BCUT2D eigenvalue weighted by atomic mass is 10.1. The monoisotopic (exact) mass is 267 g/mol. The molecule has 6 heteroatoms. The summed E-state index contributed by atoms with van der Waals surface area (Å²) >= 11 is 1.88. The van der Waals surface area contributed by atoms with Crippen LogP contribution in [0, 0.1) is 0 Å². The molecule has 1 aliphatic heterocycles. The normalized spacial score (nSPS) is 24.2. The smallest absolute Gasteiger partial charge is 0.147 e. The molecule has 1 heterocycles. The highest BCUT2D eigenvalue weighted by molar-refractivity contribution is 7.99. The van der Waals surface area contributed by atoms with Crippen molar-refractivity contribution in [1.29, 1.82) is 0 Å². The number of thioether (sulfide) groups is 1. The van der Waals surface area contributed by atoms with E-state index in [1.54, 1.807) is 0 Å². The zero-order valence-electron chi connectivity index (χ0n) is 9.94. The Morgan fingerprint density at radius 2 is 2.31 bits per heavy atom. The predicted octanol–water partition coefficient (Wildman–Crippen LogP) is 0.531. The number of sulfone groups is 1. The van der Waals surface area contributed by atoms with Gasteiger partial charge in [-0.25, -0.2) is 8.42 Å². The van der Waals surface area contributed by atoms with E-state index in [-0.39, 0.29) is 17.9 Å². The fraction of sp³-hybridized carbons (Fsp3) is 1.00. The molecule has 16 heavy (non-hydrogen) atoms. The fourth-order valence-corrected chi connectivity index (χ4v) is 3.38. The van der Waals surface area contributed by atoms with Gasteiger partial charge in [0.15, 0.2) is 0 Å². The van der Waals surface area contributed by atoms with Crippen LogP contribution in [0.4, 0.5) is 0 Å². The first-order valence-electron chi connectivity index (χ1n) is 5.63. The van der Waals surface area contributed by atoms with Gasteiger partial charge in [-0.15, -0.1) is 0 Å². The van der Waals surface area contributed by atoms with Gasteiger partial charge in [-0.1, -0.05) is 6.92 Å². The van der Waals surface area contributed by atoms with Gasteiger partial charge < -0.3 is 10.1 Å². The summed E-state index contributed by atoms with van der Waals surface area (Å²) < 4.78 is 28.0. The number of hydrogen-bond donors (Lipinski definition) is 1. The molecule has 1 aliphatic rings. The van der Waals surface area contributed by atoms with Crippen LogP contribution in [0.1, 0.15) is 13.3 Å². The Bertz CT molecular complexity index is 286. The highest BCUT2D eigenvalue weighted by Crippen LogP contribution is 2.17. The Balaban J connectivity index is 2.45. The van der Waals surface area contributed by atoms with Crippen molar-refractivity contribution in [2.24, 2.45) is 0 Å². The second-order valence-corrected chi connectivity index (χ2v) is 7.48. The average molecular weight is 267 g/mol. The highest BCUT2D eigenvalue weighted by atomic mass is 32.2. The van der Waals surface area contributed by atoms with E-state index >= 15 is 0 Å². The predicted molar refractivity (Wildman–Crippen MR) is 68.9 cm³/mol. The van der Waals surface area contributed by atoms with Crippen molar-refractivity contribution >= 4 is 21.6 Å². The third-order valence-electron chi connectivity index (χ3n) is 2.56. The summed E-state index contributed by atoms with van der Waals surface area (Å²) in [5.41, 5.74) is 0. The molecule has 1 saturated heterocycles. The molecular weight excluding hydrogens is 246 g/mol. The van der Waals surface area contributed by atoms with Crippen molar-refractivity contribution in [3.63, 3.8) is 0 Å². The van der Waals surface area contributed by atoms with E-state index in [0.29, 0.717) is 6.42 Å². The van der Waals surface area contributed by atoms with Gasteiger partial charge in [0.1, 0.15) is 9.84 Å². The van der Waals surface area contributed by atoms with Crippen molar-refractivity contribution in [2.45, 2.75) is 25.5 Å². The molecule has 1 rings (SSSR count). The lowest BCUT2D eigenvalue weighted by Crippen LogP contribution is -2.45. The van der Waals surface area contributed by atoms with Crippen LogP contribution in [0.25, 0.3) is 0 Å². The van der Waals surface area contributed by atoms with Crippen LogP contribution in [0.2, 0.25) is 0 Å². The van der Waals surface area contributed by atoms with Gasteiger partial charge in [-0.2, -0.15) is 11.8 Å². The second kappa shape index (κ2) is 6.83. The lowest BCUT2D eigenvalue weighted by Gasteiger charge is -2.30. The summed E-state index contributed by atoms with van der Waals surface area (Å²) in [6.45, 7) is 3.65. The molecule has 0 aromatic carbocycles.